The molecule has 0 fully saturated rings. The van der Waals surface area contributed by atoms with Gasteiger partial charge in [-0.15, -0.1) is 0 Å². The van der Waals surface area contributed by atoms with Gasteiger partial charge in [0.05, 0.1) is 6.26 Å². The summed E-state index contributed by atoms with van der Waals surface area (Å²) < 4.78 is 52.7. The summed E-state index contributed by atoms with van der Waals surface area (Å²) in [4.78, 5) is 12.7. The summed E-state index contributed by atoms with van der Waals surface area (Å²) in [6.07, 6.45) is 2.83. The number of sulfonamides is 1. The van der Waals surface area contributed by atoms with Crippen LogP contribution in [0.2, 0.25) is 0 Å². The second-order valence-electron chi connectivity index (χ2n) is 9.17. The van der Waals surface area contributed by atoms with Crippen molar-refractivity contribution in [3.8, 4) is 0 Å². The zero-order valence-electron chi connectivity index (χ0n) is 17.7. The van der Waals surface area contributed by atoms with Gasteiger partial charge in [0.15, 0.2) is 11.6 Å². The first-order valence-electron chi connectivity index (χ1n) is 9.63. The highest BCUT2D eigenvalue weighted by molar-refractivity contribution is 7.92. The Morgan fingerprint density at radius 2 is 1.47 bits per heavy atom. The number of hydrogen-bond donors (Lipinski definition) is 2. The quantitative estimate of drug-likeness (QED) is 0.713. The molecule has 1 amide bonds. The van der Waals surface area contributed by atoms with Gasteiger partial charge in [-0.2, -0.15) is 0 Å². The van der Waals surface area contributed by atoms with Gasteiger partial charge in [-0.25, -0.2) is 17.2 Å². The van der Waals surface area contributed by atoms with Crippen LogP contribution in [0.25, 0.3) is 0 Å². The topological polar surface area (TPSA) is 75.3 Å². The van der Waals surface area contributed by atoms with Crippen molar-refractivity contribution >= 4 is 27.3 Å². The maximum atomic E-state index is 14.2. The van der Waals surface area contributed by atoms with Crippen LogP contribution in [0.3, 0.4) is 0 Å². The van der Waals surface area contributed by atoms with Crippen molar-refractivity contribution in [3.63, 3.8) is 0 Å². The molecule has 2 aromatic rings. The molecule has 0 radical (unpaired) electrons. The molecule has 1 aliphatic carbocycles. The third-order valence-electron chi connectivity index (χ3n) is 5.70. The van der Waals surface area contributed by atoms with Crippen LogP contribution >= 0.6 is 0 Å². The van der Waals surface area contributed by atoms with Gasteiger partial charge < -0.3 is 5.32 Å². The molecule has 0 saturated heterocycles. The molecule has 2 N–H and O–H groups in total. The van der Waals surface area contributed by atoms with E-state index in [1.54, 1.807) is 10.8 Å². The van der Waals surface area contributed by atoms with Gasteiger partial charge in [-0.1, -0.05) is 33.8 Å². The molecule has 5 nitrogen and oxygen atoms in total. The second kappa shape index (κ2) is 7.34. The van der Waals surface area contributed by atoms with Crippen LogP contribution in [-0.4, -0.2) is 20.6 Å². The van der Waals surface area contributed by atoms with E-state index in [4.69, 9.17) is 0 Å². The van der Waals surface area contributed by atoms with Crippen LogP contribution in [0.1, 0.15) is 62.0 Å². The lowest BCUT2D eigenvalue weighted by atomic mass is 9.63. The van der Waals surface area contributed by atoms with E-state index in [1.807, 2.05) is 12.1 Å². The fourth-order valence-corrected chi connectivity index (χ4v) is 4.43. The van der Waals surface area contributed by atoms with Crippen LogP contribution in [0.15, 0.2) is 30.3 Å². The van der Waals surface area contributed by atoms with Crippen molar-refractivity contribution in [1.82, 2.24) is 0 Å². The summed E-state index contributed by atoms with van der Waals surface area (Å²) in [6, 6.07) is 7.26. The molecule has 0 saturated carbocycles. The third kappa shape index (κ3) is 4.48. The Labute approximate surface area is 175 Å². The smallest absolute Gasteiger partial charge is 0.255 e. The van der Waals surface area contributed by atoms with E-state index in [2.05, 4.69) is 33.0 Å². The van der Waals surface area contributed by atoms with E-state index in [1.165, 1.54) is 5.56 Å². The predicted octanol–water partition coefficient (Wildman–Crippen LogP) is 4.94. The highest BCUT2D eigenvalue weighted by Gasteiger charge is 2.37. The largest absolute Gasteiger partial charge is 0.322 e. The molecule has 2 aromatic carbocycles. The van der Waals surface area contributed by atoms with E-state index in [0.29, 0.717) is 5.56 Å². The number of nitrogens with one attached hydrogen (secondary N) is 2. The monoisotopic (exact) mass is 436 g/mol. The van der Waals surface area contributed by atoms with Crippen molar-refractivity contribution in [1.29, 1.82) is 0 Å². The number of hydrogen-bond acceptors (Lipinski definition) is 3. The first-order valence-corrected chi connectivity index (χ1v) is 11.5. The van der Waals surface area contributed by atoms with Crippen LogP contribution in [0.5, 0.6) is 0 Å². The van der Waals surface area contributed by atoms with Gasteiger partial charge in [-0.3, -0.25) is 9.52 Å². The molecule has 30 heavy (non-hydrogen) atoms. The Morgan fingerprint density at radius 1 is 0.933 bits per heavy atom. The maximum Gasteiger partial charge on any atom is 0.255 e. The third-order valence-corrected chi connectivity index (χ3v) is 6.28. The van der Waals surface area contributed by atoms with Crippen molar-refractivity contribution < 1.29 is 22.0 Å². The van der Waals surface area contributed by atoms with Gasteiger partial charge in [-0.05, 0) is 59.1 Å². The molecule has 0 aliphatic heterocycles. The average molecular weight is 437 g/mol. The van der Waals surface area contributed by atoms with Gasteiger partial charge in [0, 0.05) is 11.3 Å². The molecule has 3 rings (SSSR count). The van der Waals surface area contributed by atoms with E-state index in [0.717, 1.165) is 36.8 Å². The number of carbonyl (C=O) groups excluding carboxylic acids is 1. The van der Waals surface area contributed by atoms with E-state index in [9.17, 15) is 22.0 Å². The summed E-state index contributed by atoms with van der Waals surface area (Å²) in [6.45, 7) is 8.64. The fourth-order valence-electron chi connectivity index (χ4n) is 3.86. The Bertz CT molecular complexity index is 1100. The highest BCUT2D eigenvalue weighted by atomic mass is 32.2. The summed E-state index contributed by atoms with van der Waals surface area (Å²) >= 11 is 0. The Kier molecular flexibility index (Phi) is 5.43. The van der Waals surface area contributed by atoms with Gasteiger partial charge in [0.1, 0.15) is 5.69 Å². The molecule has 0 spiro atoms. The molecular formula is C22H26F2N2O3S. The summed E-state index contributed by atoms with van der Waals surface area (Å²) in [5.74, 6) is -2.74. The normalized spacial score (nSPS) is 17.2. The van der Waals surface area contributed by atoms with Crippen molar-refractivity contribution in [2.24, 2.45) is 0 Å². The standard InChI is InChI=1S/C22H26F2N2O3S/c1-21(2)8-9-22(3,4)16-10-13(6-7-15(16)21)20(27)25-14-11-17(23)19(18(24)12-14)26-30(5,28)29/h6-7,10-12,26H,8-9H2,1-5H3,(H,25,27). The number of amides is 1. The molecule has 0 bridgehead atoms. The number of rotatable bonds is 4. The lowest BCUT2D eigenvalue weighted by Crippen LogP contribution is -2.34. The molecule has 0 atom stereocenters. The Balaban J connectivity index is 1.90. The number of anilines is 2. The van der Waals surface area contributed by atoms with Gasteiger partial charge >= 0.3 is 0 Å². The van der Waals surface area contributed by atoms with Crippen LogP contribution in [0, 0.1) is 11.6 Å². The van der Waals surface area contributed by atoms with Crippen LogP contribution in [0.4, 0.5) is 20.2 Å². The molecule has 0 unspecified atom stereocenters. The number of carbonyl (C=O) groups is 1. The summed E-state index contributed by atoms with van der Waals surface area (Å²) in [5.41, 5.74) is 1.71. The number of halogens is 2. The molecular weight excluding hydrogens is 410 g/mol. The first-order chi connectivity index (χ1) is 13.7. The second-order valence-corrected chi connectivity index (χ2v) is 10.9. The van der Waals surface area contributed by atoms with E-state index >= 15 is 0 Å². The first kappa shape index (κ1) is 22.2. The minimum absolute atomic E-state index is 0.00849. The summed E-state index contributed by atoms with van der Waals surface area (Å²) in [7, 11) is -3.85. The molecule has 8 heteroatoms. The van der Waals surface area contributed by atoms with Gasteiger partial charge in [0.2, 0.25) is 10.0 Å². The number of fused-ring (bicyclic) bond motifs is 1. The Morgan fingerprint density at radius 3 is 2.00 bits per heavy atom. The SMILES string of the molecule is CC1(C)CCC(C)(C)c2cc(C(=O)Nc3cc(F)c(NS(C)(=O)=O)c(F)c3)ccc21. The zero-order valence-corrected chi connectivity index (χ0v) is 18.5. The lowest BCUT2D eigenvalue weighted by molar-refractivity contribution is 0.102. The number of benzene rings is 2. The maximum absolute atomic E-state index is 14.2. The van der Waals surface area contributed by atoms with Crippen LogP contribution in [-0.2, 0) is 20.9 Å². The van der Waals surface area contributed by atoms with Crippen molar-refractivity contribution in [3.05, 3.63) is 58.7 Å². The lowest BCUT2D eigenvalue weighted by Gasteiger charge is -2.42. The van der Waals surface area contributed by atoms with E-state index < -0.39 is 33.3 Å². The van der Waals surface area contributed by atoms with E-state index in [-0.39, 0.29) is 16.5 Å². The minimum atomic E-state index is -3.85. The molecule has 162 valence electrons. The average Bonchev–Trinajstić information content (AvgIpc) is 2.61. The molecule has 0 heterocycles. The zero-order chi connectivity index (χ0) is 22.5. The van der Waals surface area contributed by atoms with Crippen molar-refractivity contribution in [2.75, 3.05) is 16.3 Å². The van der Waals surface area contributed by atoms with Crippen LogP contribution < -0.4 is 10.0 Å². The molecule has 0 aromatic heterocycles. The highest BCUT2D eigenvalue weighted by Crippen LogP contribution is 2.45. The van der Waals surface area contributed by atoms with Crippen molar-refractivity contribution in [2.45, 2.75) is 51.4 Å². The fraction of sp³-hybridized carbons (Fsp3) is 0.409. The Hall–Kier alpha value is -2.48. The predicted molar refractivity (Wildman–Crippen MR) is 115 cm³/mol. The molecule has 1 aliphatic rings. The summed E-state index contributed by atoms with van der Waals surface area (Å²) in [5, 5.41) is 2.49. The van der Waals surface area contributed by atoms with Gasteiger partial charge in [0.25, 0.3) is 5.91 Å². The minimum Gasteiger partial charge on any atom is -0.322 e.